The third-order valence-corrected chi connectivity index (χ3v) is 5.39. The van der Waals surface area contributed by atoms with Gasteiger partial charge in [-0.05, 0) is 70.9 Å². The fraction of sp³-hybridized carbons (Fsp3) is 0.609. The summed E-state index contributed by atoms with van der Waals surface area (Å²) in [5.74, 6) is 1.70. The second-order valence-corrected chi connectivity index (χ2v) is 9.36. The number of carbonyl (C=O) groups excluding carboxylic acids is 1. The Bertz CT molecular complexity index is 892. The van der Waals surface area contributed by atoms with Gasteiger partial charge in [-0.1, -0.05) is 12.1 Å². The van der Waals surface area contributed by atoms with Crippen molar-refractivity contribution in [2.45, 2.75) is 64.5 Å². The maximum atomic E-state index is 12.4. The Morgan fingerprint density at radius 2 is 1.90 bits per heavy atom. The molecule has 162 valence electrons. The van der Waals surface area contributed by atoms with Crippen molar-refractivity contribution in [3.05, 3.63) is 24.3 Å². The van der Waals surface area contributed by atoms with Crippen LogP contribution in [0.1, 0.15) is 52.9 Å². The fourth-order valence-electron chi connectivity index (χ4n) is 3.71. The van der Waals surface area contributed by atoms with Crippen LogP contribution in [0.2, 0.25) is 0 Å². The summed E-state index contributed by atoms with van der Waals surface area (Å²) in [5, 5.41) is 3.44. The molecule has 2 fully saturated rings. The van der Waals surface area contributed by atoms with Crippen LogP contribution in [-0.4, -0.2) is 52.3 Å². The average molecular weight is 413 g/mol. The van der Waals surface area contributed by atoms with E-state index >= 15 is 0 Å². The number of hydrogen-bond acceptors (Lipinski definition) is 6. The Balaban J connectivity index is 1.35. The zero-order chi connectivity index (χ0) is 21.1. The molecule has 2 heterocycles. The van der Waals surface area contributed by atoms with Gasteiger partial charge in [0.25, 0.3) is 5.88 Å². The van der Waals surface area contributed by atoms with E-state index in [1.807, 2.05) is 49.9 Å². The van der Waals surface area contributed by atoms with Gasteiger partial charge in [-0.2, -0.15) is 0 Å². The Kier molecular flexibility index (Phi) is 5.97. The van der Waals surface area contributed by atoms with Crippen LogP contribution in [0.25, 0.3) is 11.0 Å². The lowest BCUT2D eigenvalue weighted by Crippen LogP contribution is -2.43. The molecule has 0 bridgehead atoms. The molecule has 1 aromatic carbocycles. The molecule has 30 heavy (non-hydrogen) atoms. The van der Waals surface area contributed by atoms with E-state index in [1.165, 1.54) is 0 Å². The van der Waals surface area contributed by atoms with Gasteiger partial charge in [-0.3, -0.25) is 0 Å². The minimum absolute atomic E-state index is 0.218. The van der Waals surface area contributed by atoms with E-state index in [4.69, 9.17) is 19.4 Å². The van der Waals surface area contributed by atoms with E-state index in [1.54, 1.807) is 0 Å². The lowest BCUT2D eigenvalue weighted by atomic mass is 9.95. The molecule has 2 aliphatic rings. The lowest BCUT2D eigenvalue weighted by molar-refractivity contribution is 0.0154. The Hall–Kier alpha value is -2.57. The molecular formula is C23H32N4O3. The molecule has 1 aliphatic heterocycles. The summed E-state index contributed by atoms with van der Waals surface area (Å²) in [5.41, 5.74) is 1.24. The summed E-state index contributed by atoms with van der Waals surface area (Å²) in [4.78, 5) is 23.6. The molecule has 1 saturated heterocycles. The largest absolute Gasteiger partial charge is 0.475 e. The van der Waals surface area contributed by atoms with Gasteiger partial charge < -0.3 is 19.7 Å². The molecule has 1 saturated carbocycles. The number of likely N-dealkylation sites (tertiary alicyclic amines) is 1. The van der Waals surface area contributed by atoms with Crippen molar-refractivity contribution in [3.8, 4) is 5.88 Å². The molecule has 1 amide bonds. The molecule has 1 aliphatic carbocycles. The predicted octanol–water partition coefficient (Wildman–Crippen LogP) is 4.62. The number of ether oxygens (including phenoxy) is 2. The summed E-state index contributed by atoms with van der Waals surface area (Å²) in [6.45, 7) is 7.74. The van der Waals surface area contributed by atoms with Gasteiger partial charge in [0, 0.05) is 19.1 Å². The maximum absolute atomic E-state index is 12.4. The molecule has 2 aromatic rings. The number of para-hydroxylation sites is 2. The highest BCUT2D eigenvalue weighted by Gasteiger charge is 2.28. The van der Waals surface area contributed by atoms with E-state index in [2.05, 4.69) is 5.32 Å². The maximum Gasteiger partial charge on any atom is 0.410 e. The summed E-state index contributed by atoms with van der Waals surface area (Å²) in [7, 11) is 0. The lowest BCUT2D eigenvalue weighted by Gasteiger charge is -2.34. The van der Waals surface area contributed by atoms with E-state index < -0.39 is 5.60 Å². The molecule has 7 nitrogen and oxygen atoms in total. The monoisotopic (exact) mass is 412 g/mol. The molecule has 0 spiro atoms. The highest BCUT2D eigenvalue weighted by Crippen LogP contribution is 2.30. The van der Waals surface area contributed by atoms with Crippen LogP contribution in [0.5, 0.6) is 5.88 Å². The summed E-state index contributed by atoms with van der Waals surface area (Å²) in [6, 6.07) is 8.33. The number of rotatable bonds is 6. The SMILES string of the molecule is CC(C)(C)OC(=O)N1CCC[C@H](CCOc2nc3ccccc3nc2NC2CC2)C1. The third kappa shape index (κ3) is 5.52. The highest BCUT2D eigenvalue weighted by atomic mass is 16.6. The Morgan fingerprint density at radius 1 is 1.17 bits per heavy atom. The van der Waals surface area contributed by atoms with Crippen molar-refractivity contribution in [1.82, 2.24) is 14.9 Å². The number of anilines is 1. The van der Waals surface area contributed by atoms with E-state index in [0.717, 1.165) is 62.0 Å². The van der Waals surface area contributed by atoms with Crippen molar-refractivity contribution in [3.63, 3.8) is 0 Å². The van der Waals surface area contributed by atoms with Crippen LogP contribution >= 0.6 is 0 Å². The first-order valence-electron chi connectivity index (χ1n) is 11.0. The van der Waals surface area contributed by atoms with Crippen molar-refractivity contribution in [2.75, 3.05) is 25.0 Å². The van der Waals surface area contributed by atoms with Gasteiger partial charge in [-0.25, -0.2) is 14.8 Å². The van der Waals surface area contributed by atoms with Crippen LogP contribution in [0, 0.1) is 5.92 Å². The summed E-state index contributed by atoms with van der Waals surface area (Å²) >= 11 is 0. The van der Waals surface area contributed by atoms with Crippen LogP contribution < -0.4 is 10.1 Å². The zero-order valence-electron chi connectivity index (χ0n) is 18.2. The van der Waals surface area contributed by atoms with Crippen LogP contribution in [0.15, 0.2) is 24.3 Å². The molecule has 1 atom stereocenters. The Morgan fingerprint density at radius 3 is 2.60 bits per heavy atom. The molecule has 4 rings (SSSR count). The van der Waals surface area contributed by atoms with Gasteiger partial charge in [0.15, 0.2) is 5.82 Å². The fourth-order valence-corrected chi connectivity index (χ4v) is 3.71. The average Bonchev–Trinajstić information content (AvgIpc) is 3.51. The van der Waals surface area contributed by atoms with Crippen molar-refractivity contribution in [1.29, 1.82) is 0 Å². The van der Waals surface area contributed by atoms with Gasteiger partial charge in [0.05, 0.1) is 17.6 Å². The number of nitrogens with zero attached hydrogens (tertiary/aromatic N) is 3. The van der Waals surface area contributed by atoms with Gasteiger partial charge in [-0.15, -0.1) is 0 Å². The number of amides is 1. The number of benzene rings is 1. The molecule has 1 N–H and O–H groups in total. The molecular weight excluding hydrogens is 380 g/mol. The standard InChI is InChI=1S/C23H32N4O3/c1-23(2,3)30-22(28)27-13-6-7-16(15-27)12-14-29-21-20(24-17-10-11-17)25-18-8-4-5-9-19(18)26-21/h4-5,8-9,16-17H,6-7,10-15H2,1-3H3,(H,24,25)/t16-/m1/s1. The van der Waals surface area contributed by atoms with E-state index in [0.29, 0.717) is 24.4 Å². The number of carbonyl (C=O) groups is 1. The zero-order valence-corrected chi connectivity index (χ0v) is 18.2. The third-order valence-electron chi connectivity index (χ3n) is 5.39. The molecule has 0 unspecified atom stereocenters. The topological polar surface area (TPSA) is 76.6 Å². The number of fused-ring (bicyclic) bond motifs is 1. The van der Waals surface area contributed by atoms with Gasteiger partial charge >= 0.3 is 6.09 Å². The van der Waals surface area contributed by atoms with Crippen molar-refractivity contribution in [2.24, 2.45) is 5.92 Å². The number of nitrogens with one attached hydrogen (secondary N) is 1. The van der Waals surface area contributed by atoms with E-state index in [9.17, 15) is 4.79 Å². The minimum atomic E-state index is -0.465. The Labute approximate surface area is 178 Å². The van der Waals surface area contributed by atoms with Crippen LogP contribution in [0.4, 0.5) is 10.6 Å². The van der Waals surface area contributed by atoms with Crippen molar-refractivity contribution < 1.29 is 14.3 Å². The van der Waals surface area contributed by atoms with E-state index in [-0.39, 0.29) is 6.09 Å². The van der Waals surface area contributed by atoms with Gasteiger partial charge in [0.2, 0.25) is 0 Å². The summed E-state index contributed by atoms with van der Waals surface area (Å²) < 4.78 is 11.6. The number of hydrogen-bond donors (Lipinski definition) is 1. The molecule has 0 radical (unpaired) electrons. The normalized spacial score (nSPS) is 19.6. The quantitative estimate of drug-likeness (QED) is 0.746. The first kappa shape index (κ1) is 20.7. The first-order chi connectivity index (χ1) is 14.4. The first-order valence-corrected chi connectivity index (χ1v) is 11.0. The molecule has 1 aromatic heterocycles. The van der Waals surface area contributed by atoms with Gasteiger partial charge in [0.1, 0.15) is 5.60 Å². The summed E-state index contributed by atoms with van der Waals surface area (Å²) in [6.07, 6.45) is 5.07. The van der Waals surface area contributed by atoms with Crippen LogP contribution in [0.3, 0.4) is 0 Å². The number of aromatic nitrogens is 2. The highest BCUT2D eigenvalue weighted by molar-refractivity contribution is 5.77. The second-order valence-electron chi connectivity index (χ2n) is 9.36. The minimum Gasteiger partial charge on any atom is -0.475 e. The smallest absolute Gasteiger partial charge is 0.410 e. The van der Waals surface area contributed by atoms with Crippen LogP contribution in [-0.2, 0) is 4.74 Å². The second kappa shape index (κ2) is 8.66. The van der Waals surface area contributed by atoms with Crippen molar-refractivity contribution >= 4 is 22.9 Å². The molecule has 7 heteroatoms. The number of piperidine rings is 1. The predicted molar refractivity (Wildman–Crippen MR) is 117 cm³/mol.